The summed E-state index contributed by atoms with van der Waals surface area (Å²) in [6, 6.07) is 10.3. The lowest BCUT2D eigenvalue weighted by Crippen LogP contribution is -2.12. The van der Waals surface area contributed by atoms with E-state index in [1.807, 2.05) is 18.2 Å². The largest absolute Gasteiger partial charge is 0.192 e. The summed E-state index contributed by atoms with van der Waals surface area (Å²) in [5.74, 6) is 1.55. The number of hydrogen-bond acceptors (Lipinski definition) is 1. The van der Waals surface area contributed by atoms with Gasteiger partial charge in [-0.3, -0.25) is 0 Å². The van der Waals surface area contributed by atoms with Crippen molar-refractivity contribution in [3.8, 4) is 6.07 Å². The van der Waals surface area contributed by atoms with Gasteiger partial charge in [0.2, 0.25) is 0 Å². The topological polar surface area (TPSA) is 23.8 Å². The first-order valence-electron chi connectivity index (χ1n) is 6.44. The molecule has 1 aromatic carbocycles. The number of allylic oxidation sites excluding steroid dienone is 1. The van der Waals surface area contributed by atoms with Crippen molar-refractivity contribution in [3.63, 3.8) is 0 Å². The second kappa shape index (κ2) is 10.3. The summed E-state index contributed by atoms with van der Waals surface area (Å²) in [4.78, 5) is 0. The molecule has 1 aromatic rings. The number of rotatable bonds is 3. The van der Waals surface area contributed by atoms with E-state index in [2.05, 4.69) is 24.8 Å². The Kier molecular flexibility index (Phi) is 10.7. The summed E-state index contributed by atoms with van der Waals surface area (Å²) in [6.45, 7) is 3.82. The average Bonchev–Trinajstić information content (AvgIpc) is 2.40. The van der Waals surface area contributed by atoms with Gasteiger partial charge in [-0.25, -0.2) is 0 Å². The van der Waals surface area contributed by atoms with Crippen LogP contribution in [0.3, 0.4) is 0 Å². The molecule has 0 aromatic heterocycles. The van der Waals surface area contributed by atoms with Crippen LogP contribution in [0.4, 0.5) is 0 Å². The van der Waals surface area contributed by atoms with Crippen molar-refractivity contribution in [3.05, 3.63) is 48.0 Å². The van der Waals surface area contributed by atoms with Crippen molar-refractivity contribution in [1.29, 1.82) is 5.26 Å². The van der Waals surface area contributed by atoms with Crippen LogP contribution in [-0.2, 0) is 0 Å². The van der Waals surface area contributed by atoms with E-state index >= 15 is 0 Å². The van der Waals surface area contributed by atoms with E-state index in [-0.39, 0.29) is 22.3 Å². The van der Waals surface area contributed by atoms with E-state index in [0.717, 1.165) is 11.5 Å². The van der Waals surface area contributed by atoms with Crippen molar-refractivity contribution < 1.29 is 0 Å². The number of hydrogen-bond donors (Lipinski definition) is 0. The molecular formula is C19H31N. The van der Waals surface area contributed by atoms with Crippen molar-refractivity contribution in [2.24, 2.45) is 5.92 Å². The van der Waals surface area contributed by atoms with Gasteiger partial charge in [0.25, 0.3) is 0 Å². The van der Waals surface area contributed by atoms with Gasteiger partial charge < -0.3 is 0 Å². The molecule has 112 valence electrons. The summed E-state index contributed by atoms with van der Waals surface area (Å²) in [5, 5.41) is 8.77. The van der Waals surface area contributed by atoms with Gasteiger partial charge in [0.1, 0.15) is 0 Å². The number of nitrogens with zero attached hydrogens (tertiary/aromatic N) is 1. The van der Waals surface area contributed by atoms with E-state index in [9.17, 15) is 0 Å². The maximum Gasteiger partial charge on any atom is 0.0991 e. The van der Waals surface area contributed by atoms with Crippen LogP contribution < -0.4 is 0 Å². The van der Waals surface area contributed by atoms with E-state index in [0.29, 0.717) is 5.92 Å². The Morgan fingerprint density at radius 2 is 1.60 bits per heavy atom. The fraction of sp³-hybridized carbons (Fsp3) is 0.526. The molecule has 1 aliphatic carbocycles. The molecule has 1 fully saturated rings. The molecule has 0 spiro atoms. The summed E-state index contributed by atoms with van der Waals surface area (Å²) < 4.78 is 0. The van der Waals surface area contributed by atoms with Crippen molar-refractivity contribution in [2.45, 2.75) is 60.3 Å². The zero-order valence-corrected chi connectivity index (χ0v) is 10.2. The van der Waals surface area contributed by atoms with Crippen LogP contribution in [0.15, 0.2) is 36.9 Å². The lowest BCUT2D eigenvalue weighted by molar-refractivity contribution is 0.328. The Morgan fingerprint density at radius 1 is 1.05 bits per heavy atom. The standard InChI is InChI=1S/C16H19N.3CH4/c1-2-3-13-4-8-15(9-5-13)16-10-6-14(12-17)7-11-16;;;/h2,6-7,10-11,13,15H,1,3-5,8-9H2;3*1H4. The summed E-state index contributed by atoms with van der Waals surface area (Å²) in [6.07, 6.45) is 8.41. The fourth-order valence-corrected chi connectivity index (χ4v) is 2.80. The minimum Gasteiger partial charge on any atom is -0.192 e. The molecule has 0 N–H and O–H groups in total. The van der Waals surface area contributed by atoms with Gasteiger partial charge in [-0.2, -0.15) is 5.26 Å². The molecular weight excluding hydrogens is 242 g/mol. The first kappa shape index (κ1) is 20.8. The highest BCUT2D eigenvalue weighted by Gasteiger charge is 2.21. The summed E-state index contributed by atoms with van der Waals surface area (Å²) >= 11 is 0. The molecule has 1 saturated carbocycles. The van der Waals surface area contributed by atoms with E-state index in [1.54, 1.807) is 0 Å². The van der Waals surface area contributed by atoms with Gasteiger partial charge in [-0.1, -0.05) is 40.5 Å². The molecule has 1 nitrogen and oxygen atoms in total. The molecule has 0 unspecified atom stereocenters. The second-order valence-electron chi connectivity index (χ2n) is 4.98. The SMILES string of the molecule is C.C.C.C=CCC1CCC(c2ccc(C#N)cc2)CC1. The van der Waals surface area contributed by atoms with E-state index in [4.69, 9.17) is 5.26 Å². The van der Waals surface area contributed by atoms with Gasteiger partial charge in [-0.15, -0.1) is 6.58 Å². The van der Waals surface area contributed by atoms with Gasteiger partial charge in [0.15, 0.2) is 0 Å². The van der Waals surface area contributed by atoms with E-state index in [1.165, 1.54) is 37.7 Å². The molecule has 0 saturated heterocycles. The van der Waals surface area contributed by atoms with Gasteiger partial charge in [-0.05, 0) is 61.6 Å². The van der Waals surface area contributed by atoms with Gasteiger partial charge in [0, 0.05) is 0 Å². The lowest BCUT2D eigenvalue weighted by atomic mass is 9.77. The molecule has 0 amide bonds. The fourth-order valence-electron chi connectivity index (χ4n) is 2.80. The Morgan fingerprint density at radius 3 is 2.05 bits per heavy atom. The summed E-state index contributed by atoms with van der Waals surface area (Å²) in [7, 11) is 0. The Balaban J connectivity index is 0. The Labute approximate surface area is 126 Å². The van der Waals surface area contributed by atoms with Crippen LogP contribution in [0.2, 0.25) is 0 Å². The van der Waals surface area contributed by atoms with Gasteiger partial charge in [0.05, 0.1) is 11.6 Å². The van der Waals surface area contributed by atoms with Crippen LogP contribution in [-0.4, -0.2) is 0 Å². The van der Waals surface area contributed by atoms with Gasteiger partial charge >= 0.3 is 0 Å². The highest BCUT2D eigenvalue weighted by Crippen LogP contribution is 2.37. The quantitative estimate of drug-likeness (QED) is 0.591. The molecule has 20 heavy (non-hydrogen) atoms. The number of benzene rings is 1. The average molecular weight is 273 g/mol. The monoisotopic (exact) mass is 273 g/mol. The molecule has 1 aliphatic rings. The zero-order chi connectivity index (χ0) is 12.1. The van der Waals surface area contributed by atoms with E-state index < -0.39 is 0 Å². The van der Waals surface area contributed by atoms with Crippen LogP contribution in [0.1, 0.15) is 71.4 Å². The third kappa shape index (κ3) is 5.21. The number of nitriles is 1. The van der Waals surface area contributed by atoms with Crippen molar-refractivity contribution in [1.82, 2.24) is 0 Å². The van der Waals surface area contributed by atoms with Crippen molar-refractivity contribution >= 4 is 0 Å². The highest BCUT2D eigenvalue weighted by molar-refractivity contribution is 5.33. The molecule has 2 rings (SSSR count). The Bertz CT molecular complexity index is 402. The summed E-state index contributed by atoms with van der Waals surface area (Å²) in [5.41, 5.74) is 2.16. The maximum atomic E-state index is 8.77. The van der Waals surface area contributed by atoms with Crippen LogP contribution in [0.5, 0.6) is 0 Å². The first-order valence-corrected chi connectivity index (χ1v) is 6.44. The highest BCUT2D eigenvalue weighted by atomic mass is 14.3. The normalized spacial score (nSPS) is 20.4. The van der Waals surface area contributed by atoms with Crippen molar-refractivity contribution in [2.75, 3.05) is 0 Å². The Hall–Kier alpha value is -1.55. The minimum atomic E-state index is 0. The molecule has 0 bridgehead atoms. The molecule has 0 atom stereocenters. The third-order valence-electron chi connectivity index (χ3n) is 3.86. The minimum absolute atomic E-state index is 0. The molecule has 0 aliphatic heterocycles. The molecule has 1 heteroatoms. The van der Waals surface area contributed by atoms with Crippen LogP contribution in [0.25, 0.3) is 0 Å². The second-order valence-corrected chi connectivity index (χ2v) is 4.98. The predicted molar refractivity (Wildman–Crippen MR) is 90.9 cm³/mol. The maximum absolute atomic E-state index is 8.77. The molecule has 0 heterocycles. The lowest BCUT2D eigenvalue weighted by Gasteiger charge is -2.28. The predicted octanol–water partition coefficient (Wildman–Crippen LogP) is 6.32. The first-order chi connectivity index (χ1) is 8.33. The molecule has 0 radical (unpaired) electrons. The zero-order valence-electron chi connectivity index (χ0n) is 10.2. The smallest absolute Gasteiger partial charge is 0.0991 e. The third-order valence-corrected chi connectivity index (χ3v) is 3.86. The van der Waals surface area contributed by atoms with Crippen LogP contribution >= 0.6 is 0 Å². The van der Waals surface area contributed by atoms with Crippen LogP contribution in [0, 0.1) is 17.2 Å².